The van der Waals surface area contributed by atoms with Crippen LogP contribution in [0.2, 0.25) is 0 Å². The zero-order valence-electron chi connectivity index (χ0n) is 14.3. The predicted octanol–water partition coefficient (Wildman–Crippen LogP) is 4.98. The Morgan fingerprint density at radius 2 is 1.85 bits per heavy atom. The molecule has 0 radical (unpaired) electrons. The molecule has 0 saturated heterocycles. The molecule has 0 fully saturated rings. The maximum atomic E-state index is 13.0. The number of anilines is 1. The van der Waals surface area contributed by atoms with Gasteiger partial charge in [0.2, 0.25) is 5.91 Å². The molecule has 3 nitrogen and oxygen atoms in total. The molecule has 132 valence electrons. The van der Waals surface area contributed by atoms with Gasteiger partial charge in [-0.15, -0.1) is 11.8 Å². The predicted molar refractivity (Wildman–Crippen MR) is 104 cm³/mol. The van der Waals surface area contributed by atoms with E-state index < -0.39 is 0 Å². The van der Waals surface area contributed by atoms with Gasteiger partial charge in [-0.25, -0.2) is 4.39 Å². The Hall–Kier alpha value is -2.40. The fraction of sp³-hybridized carbons (Fsp3) is 0.238. The van der Waals surface area contributed by atoms with Gasteiger partial charge in [-0.1, -0.05) is 18.2 Å². The van der Waals surface area contributed by atoms with Crippen LogP contribution in [0.1, 0.15) is 24.1 Å². The number of benzene rings is 2. The number of nitrogens with zero attached hydrogens (tertiary/aromatic N) is 1. The third-order valence-corrected chi connectivity index (χ3v) is 5.75. The summed E-state index contributed by atoms with van der Waals surface area (Å²) in [5, 5.41) is 3.94. The quantitative estimate of drug-likeness (QED) is 0.662. The van der Waals surface area contributed by atoms with Crippen molar-refractivity contribution in [2.45, 2.75) is 30.6 Å². The minimum Gasteiger partial charge on any atom is -0.325 e. The number of fused-ring (bicyclic) bond motifs is 2. The number of hydrogen-bond acceptors (Lipinski definition) is 3. The monoisotopic (exact) mass is 366 g/mol. The SMILES string of the molecule is O=C(CSc1c2c(nc3ccccc13)CCCC2)Nc1ccc(F)cc1. The van der Waals surface area contributed by atoms with Crippen molar-refractivity contribution in [2.24, 2.45) is 0 Å². The topological polar surface area (TPSA) is 42.0 Å². The molecule has 0 bridgehead atoms. The molecule has 1 aliphatic rings. The van der Waals surface area contributed by atoms with Crippen LogP contribution in [0.25, 0.3) is 10.9 Å². The van der Waals surface area contributed by atoms with E-state index in [9.17, 15) is 9.18 Å². The molecule has 2 aromatic carbocycles. The third kappa shape index (κ3) is 3.58. The van der Waals surface area contributed by atoms with Crippen molar-refractivity contribution >= 4 is 34.3 Å². The van der Waals surface area contributed by atoms with Crippen LogP contribution >= 0.6 is 11.8 Å². The summed E-state index contributed by atoms with van der Waals surface area (Å²) in [6, 6.07) is 14.0. The Kier molecular flexibility index (Phi) is 4.89. The van der Waals surface area contributed by atoms with Crippen molar-refractivity contribution in [3.8, 4) is 0 Å². The number of hydrogen-bond donors (Lipinski definition) is 1. The van der Waals surface area contributed by atoms with Gasteiger partial charge in [0.25, 0.3) is 0 Å². The third-order valence-electron chi connectivity index (χ3n) is 4.59. The molecule has 4 rings (SSSR count). The molecule has 0 spiro atoms. The van der Waals surface area contributed by atoms with Crippen LogP contribution in [0.4, 0.5) is 10.1 Å². The summed E-state index contributed by atoms with van der Waals surface area (Å²) in [4.78, 5) is 18.3. The van der Waals surface area contributed by atoms with Gasteiger partial charge >= 0.3 is 0 Å². The van der Waals surface area contributed by atoms with Crippen LogP contribution in [0, 0.1) is 5.82 Å². The average Bonchev–Trinajstić information content (AvgIpc) is 2.67. The van der Waals surface area contributed by atoms with Gasteiger partial charge in [-0.3, -0.25) is 9.78 Å². The first-order chi connectivity index (χ1) is 12.7. The lowest BCUT2D eigenvalue weighted by atomic mass is 9.94. The molecule has 0 unspecified atom stereocenters. The minimum atomic E-state index is -0.313. The number of pyridine rings is 1. The van der Waals surface area contributed by atoms with Crippen molar-refractivity contribution in [3.63, 3.8) is 0 Å². The highest BCUT2D eigenvalue weighted by atomic mass is 32.2. The first-order valence-electron chi connectivity index (χ1n) is 8.79. The summed E-state index contributed by atoms with van der Waals surface area (Å²) in [5.74, 6) is -0.0861. The molecular formula is C21H19FN2OS. The Bertz CT molecular complexity index is 956. The molecule has 1 heterocycles. The van der Waals surface area contributed by atoms with Gasteiger partial charge in [-0.2, -0.15) is 0 Å². The number of carbonyl (C=O) groups excluding carboxylic acids is 1. The molecule has 1 N–H and O–H groups in total. The van der Waals surface area contributed by atoms with E-state index in [0.29, 0.717) is 11.4 Å². The van der Waals surface area contributed by atoms with Gasteiger partial charge in [-0.05, 0) is 61.6 Å². The van der Waals surface area contributed by atoms with Crippen molar-refractivity contribution in [3.05, 3.63) is 65.6 Å². The Labute approximate surface area is 156 Å². The molecule has 0 aliphatic heterocycles. The lowest BCUT2D eigenvalue weighted by Crippen LogP contribution is -2.15. The van der Waals surface area contributed by atoms with E-state index in [1.807, 2.05) is 18.2 Å². The van der Waals surface area contributed by atoms with E-state index in [-0.39, 0.29) is 11.7 Å². The lowest BCUT2D eigenvalue weighted by molar-refractivity contribution is -0.113. The second-order valence-corrected chi connectivity index (χ2v) is 7.42. The van der Waals surface area contributed by atoms with Crippen molar-refractivity contribution < 1.29 is 9.18 Å². The Morgan fingerprint density at radius 3 is 2.69 bits per heavy atom. The molecular weight excluding hydrogens is 347 g/mol. The minimum absolute atomic E-state index is 0.0907. The van der Waals surface area contributed by atoms with Crippen LogP contribution in [0.15, 0.2) is 53.4 Å². The van der Waals surface area contributed by atoms with Gasteiger partial charge < -0.3 is 5.32 Å². The largest absolute Gasteiger partial charge is 0.325 e. The summed E-state index contributed by atoms with van der Waals surface area (Å²) in [6.07, 6.45) is 4.38. The zero-order chi connectivity index (χ0) is 17.9. The van der Waals surface area contributed by atoms with E-state index in [1.54, 1.807) is 23.9 Å². The fourth-order valence-corrected chi connectivity index (χ4v) is 4.43. The molecule has 26 heavy (non-hydrogen) atoms. The summed E-state index contributed by atoms with van der Waals surface area (Å²) >= 11 is 1.57. The maximum absolute atomic E-state index is 13.0. The van der Waals surface area contributed by atoms with Gasteiger partial charge in [0.05, 0.1) is 11.3 Å². The Morgan fingerprint density at radius 1 is 1.08 bits per heavy atom. The van der Waals surface area contributed by atoms with Gasteiger partial charge in [0.1, 0.15) is 5.82 Å². The standard InChI is InChI=1S/C21H19FN2OS/c22-14-9-11-15(12-10-14)23-20(25)13-26-21-16-5-1-3-7-18(16)24-19-8-4-2-6-17(19)21/h1,3,5,7,9-12H,2,4,6,8,13H2,(H,23,25). The molecule has 0 atom stereocenters. The molecule has 1 aromatic heterocycles. The second kappa shape index (κ2) is 7.46. The maximum Gasteiger partial charge on any atom is 0.234 e. The van der Waals surface area contributed by atoms with E-state index in [2.05, 4.69) is 11.4 Å². The average molecular weight is 366 g/mol. The second-order valence-electron chi connectivity index (χ2n) is 6.43. The lowest BCUT2D eigenvalue weighted by Gasteiger charge is -2.20. The van der Waals surface area contributed by atoms with Crippen LogP contribution < -0.4 is 5.32 Å². The van der Waals surface area contributed by atoms with E-state index in [1.165, 1.54) is 41.1 Å². The van der Waals surface area contributed by atoms with Crippen LogP contribution in [0.5, 0.6) is 0 Å². The van der Waals surface area contributed by atoms with E-state index in [4.69, 9.17) is 4.98 Å². The molecule has 0 saturated carbocycles. The Balaban J connectivity index is 1.56. The van der Waals surface area contributed by atoms with Crippen molar-refractivity contribution in [1.82, 2.24) is 4.98 Å². The van der Waals surface area contributed by atoms with Gasteiger partial charge in [0, 0.05) is 21.7 Å². The number of amides is 1. The van der Waals surface area contributed by atoms with Crippen molar-refractivity contribution in [1.29, 1.82) is 0 Å². The highest BCUT2D eigenvalue weighted by Crippen LogP contribution is 2.36. The van der Waals surface area contributed by atoms with Crippen molar-refractivity contribution in [2.75, 3.05) is 11.1 Å². The van der Waals surface area contributed by atoms with Crippen LogP contribution in [0.3, 0.4) is 0 Å². The van der Waals surface area contributed by atoms with E-state index in [0.717, 1.165) is 23.7 Å². The molecule has 1 aliphatic carbocycles. The first-order valence-corrected chi connectivity index (χ1v) is 9.78. The zero-order valence-corrected chi connectivity index (χ0v) is 15.1. The number of rotatable bonds is 4. The summed E-state index contributed by atoms with van der Waals surface area (Å²) in [5.41, 5.74) is 4.08. The number of para-hydroxylation sites is 1. The normalized spacial score (nSPS) is 13.4. The highest BCUT2D eigenvalue weighted by molar-refractivity contribution is 8.00. The molecule has 5 heteroatoms. The number of thioether (sulfide) groups is 1. The van der Waals surface area contributed by atoms with Gasteiger partial charge in [0.15, 0.2) is 0 Å². The number of halogens is 1. The fourth-order valence-electron chi connectivity index (χ4n) is 3.36. The highest BCUT2D eigenvalue weighted by Gasteiger charge is 2.19. The van der Waals surface area contributed by atoms with Crippen LogP contribution in [-0.2, 0) is 17.6 Å². The van der Waals surface area contributed by atoms with Crippen LogP contribution in [-0.4, -0.2) is 16.6 Å². The van der Waals surface area contributed by atoms with E-state index >= 15 is 0 Å². The number of nitrogens with one attached hydrogen (secondary N) is 1. The summed E-state index contributed by atoms with van der Waals surface area (Å²) < 4.78 is 13.0. The smallest absolute Gasteiger partial charge is 0.234 e. The summed E-state index contributed by atoms with van der Waals surface area (Å²) in [6.45, 7) is 0. The number of aromatic nitrogens is 1. The number of carbonyl (C=O) groups is 1. The molecule has 1 amide bonds. The number of aryl methyl sites for hydroxylation is 1. The molecule has 3 aromatic rings. The summed E-state index contributed by atoms with van der Waals surface area (Å²) in [7, 11) is 0. The first kappa shape index (κ1) is 17.0.